The third-order valence-electron chi connectivity index (χ3n) is 2.96. The molecule has 0 saturated carbocycles. The third kappa shape index (κ3) is 2.62. The molecule has 0 unspecified atom stereocenters. The molecule has 0 aliphatic rings. The van der Waals surface area contributed by atoms with Gasteiger partial charge < -0.3 is 13.7 Å². The van der Waals surface area contributed by atoms with Gasteiger partial charge in [-0.1, -0.05) is 11.8 Å². The summed E-state index contributed by atoms with van der Waals surface area (Å²) in [7, 11) is 3.25. The maximum absolute atomic E-state index is 11.7. The number of pyridine rings is 1. The molecule has 3 aromatic rings. The first-order chi connectivity index (χ1) is 10.2. The molecule has 108 valence electrons. The molecule has 3 rings (SSSR count). The standard InChI is InChI=1S/C13H13N5O2S/c1-17-8-14-16-13(17)21-7-9-6-18-5-3-4-10(11(18)15-9)12(19)20-2/h3-6,8H,7H2,1-2H3. The Morgan fingerprint density at radius 2 is 2.33 bits per heavy atom. The van der Waals surface area contributed by atoms with Gasteiger partial charge in [0.05, 0.1) is 12.8 Å². The van der Waals surface area contributed by atoms with Gasteiger partial charge in [-0.05, 0) is 12.1 Å². The number of thioether (sulfide) groups is 1. The Bertz CT molecular complexity index is 795. The van der Waals surface area contributed by atoms with Gasteiger partial charge in [-0.25, -0.2) is 9.78 Å². The van der Waals surface area contributed by atoms with Crippen LogP contribution in [0.25, 0.3) is 5.65 Å². The van der Waals surface area contributed by atoms with Crippen molar-refractivity contribution in [2.24, 2.45) is 7.05 Å². The molecule has 0 amide bonds. The Morgan fingerprint density at radius 1 is 1.48 bits per heavy atom. The predicted octanol–water partition coefficient (Wildman–Crippen LogP) is 1.54. The summed E-state index contributed by atoms with van der Waals surface area (Å²) in [5, 5.41) is 8.66. The van der Waals surface area contributed by atoms with E-state index < -0.39 is 5.97 Å². The number of carbonyl (C=O) groups excluding carboxylic acids is 1. The fourth-order valence-corrected chi connectivity index (χ4v) is 2.72. The molecule has 0 atom stereocenters. The first-order valence-corrected chi connectivity index (χ1v) is 7.19. The highest BCUT2D eigenvalue weighted by molar-refractivity contribution is 7.98. The highest BCUT2D eigenvalue weighted by atomic mass is 32.2. The molecule has 0 aromatic carbocycles. The topological polar surface area (TPSA) is 74.3 Å². The molecule has 0 saturated heterocycles. The lowest BCUT2D eigenvalue weighted by atomic mass is 10.3. The van der Waals surface area contributed by atoms with E-state index in [9.17, 15) is 4.79 Å². The molecular formula is C13H13N5O2S. The van der Waals surface area contributed by atoms with E-state index in [1.54, 1.807) is 18.5 Å². The van der Waals surface area contributed by atoms with E-state index in [-0.39, 0.29) is 0 Å². The first-order valence-electron chi connectivity index (χ1n) is 6.20. The maximum atomic E-state index is 11.7. The maximum Gasteiger partial charge on any atom is 0.341 e. The van der Waals surface area contributed by atoms with E-state index in [4.69, 9.17) is 4.74 Å². The monoisotopic (exact) mass is 303 g/mol. The second-order valence-electron chi connectivity index (χ2n) is 4.39. The number of esters is 1. The average Bonchev–Trinajstić information content (AvgIpc) is 3.09. The fraction of sp³-hybridized carbons (Fsp3) is 0.231. The van der Waals surface area contributed by atoms with Gasteiger partial charge in [-0.3, -0.25) is 0 Å². The van der Waals surface area contributed by atoms with Crippen molar-refractivity contribution in [3.05, 3.63) is 42.1 Å². The molecule has 0 fully saturated rings. The van der Waals surface area contributed by atoms with Gasteiger partial charge >= 0.3 is 5.97 Å². The van der Waals surface area contributed by atoms with Crippen molar-refractivity contribution in [1.82, 2.24) is 24.1 Å². The van der Waals surface area contributed by atoms with Gasteiger partial charge in [0.1, 0.15) is 11.9 Å². The molecular weight excluding hydrogens is 290 g/mol. The van der Waals surface area contributed by atoms with Crippen LogP contribution in [-0.4, -0.2) is 37.2 Å². The number of hydrogen-bond acceptors (Lipinski definition) is 6. The van der Waals surface area contributed by atoms with E-state index in [1.165, 1.54) is 18.9 Å². The van der Waals surface area contributed by atoms with Crippen molar-refractivity contribution < 1.29 is 9.53 Å². The number of fused-ring (bicyclic) bond motifs is 1. The van der Waals surface area contributed by atoms with Crippen LogP contribution in [0.15, 0.2) is 36.0 Å². The number of nitrogens with zero attached hydrogens (tertiary/aromatic N) is 5. The van der Waals surface area contributed by atoms with Crippen molar-refractivity contribution in [2.75, 3.05) is 7.11 Å². The van der Waals surface area contributed by atoms with Crippen LogP contribution in [0.3, 0.4) is 0 Å². The Kier molecular flexibility index (Phi) is 3.61. The molecule has 8 heteroatoms. The van der Waals surface area contributed by atoms with Crippen molar-refractivity contribution in [3.63, 3.8) is 0 Å². The minimum atomic E-state index is -0.390. The third-order valence-corrected chi connectivity index (χ3v) is 4.02. The molecule has 0 N–H and O–H groups in total. The Hall–Kier alpha value is -2.35. The van der Waals surface area contributed by atoms with Gasteiger partial charge in [0.15, 0.2) is 10.8 Å². The summed E-state index contributed by atoms with van der Waals surface area (Å²) in [4.78, 5) is 16.2. The molecule has 0 radical (unpaired) electrons. The Morgan fingerprint density at radius 3 is 3.05 bits per heavy atom. The van der Waals surface area contributed by atoms with Gasteiger partial charge in [0, 0.05) is 25.2 Å². The van der Waals surface area contributed by atoms with E-state index in [1.807, 2.05) is 28.4 Å². The summed E-state index contributed by atoms with van der Waals surface area (Å²) in [6.07, 6.45) is 5.40. The SMILES string of the molecule is COC(=O)c1cccn2cc(CSc3nncn3C)nc12. The van der Waals surface area contributed by atoms with Crippen LogP contribution < -0.4 is 0 Å². The van der Waals surface area contributed by atoms with Crippen LogP contribution in [0.2, 0.25) is 0 Å². The Balaban J connectivity index is 1.87. The molecule has 3 heterocycles. The number of rotatable bonds is 4. The van der Waals surface area contributed by atoms with Crippen molar-refractivity contribution in [1.29, 1.82) is 0 Å². The zero-order chi connectivity index (χ0) is 14.8. The summed E-state index contributed by atoms with van der Waals surface area (Å²) in [6, 6.07) is 3.49. The number of methoxy groups -OCH3 is 1. The smallest absolute Gasteiger partial charge is 0.341 e. The summed E-state index contributed by atoms with van der Waals surface area (Å²) in [5.74, 6) is 0.258. The largest absolute Gasteiger partial charge is 0.465 e. The molecule has 3 aromatic heterocycles. The Labute approximate surface area is 125 Å². The van der Waals surface area contributed by atoms with Crippen LogP contribution >= 0.6 is 11.8 Å². The van der Waals surface area contributed by atoms with Crippen molar-refractivity contribution >= 4 is 23.4 Å². The minimum Gasteiger partial charge on any atom is -0.465 e. The second kappa shape index (κ2) is 5.57. The number of hydrogen-bond donors (Lipinski definition) is 0. The van der Waals surface area contributed by atoms with E-state index in [0.717, 1.165) is 10.9 Å². The summed E-state index contributed by atoms with van der Waals surface area (Å²) < 4.78 is 8.43. The molecule has 0 bridgehead atoms. The number of carbonyl (C=O) groups is 1. The van der Waals surface area contributed by atoms with Gasteiger partial charge in [-0.15, -0.1) is 10.2 Å². The van der Waals surface area contributed by atoms with Crippen LogP contribution in [0.1, 0.15) is 16.1 Å². The first kappa shape index (κ1) is 13.6. The van der Waals surface area contributed by atoms with Gasteiger partial charge in [0.25, 0.3) is 0 Å². The lowest BCUT2D eigenvalue weighted by Crippen LogP contribution is -2.03. The van der Waals surface area contributed by atoms with E-state index >= 15 is 0 Å². The molecule has 7 nitrogen and oxygen atoms in total. The van der Waals surface area contributed by atoms with E-state index in [2.05, 4.69) is 15.2 Å². The van der Waals surface area contributed by atoms with Gasteiger partial charge in [-0.2, -0.15) is 0 Å². The molecule has 0 aliphatic carbocycles. The second-order valence-corrected chi connectivity index (χ2v) is 5.33. The molecule has 21 heavy (non-hydrogen) atoms. The fourth-order valence-electron chi connectivity index (χ4n) is 1.94. The van der Waals surface area contributed by atoms with Crippen LogP contribution in [0.5, 0.6) is 0 Å². The number of aryl methyl sites for hydroxylation is 1. The van der Waals surface area contributed by atoms with Crippen molar-refractivity contribution in [3.8, 4) is 0 Å². The summed E-state index contributed by atoms with van der Waals surface area (Å²) >= 11 is 1.54. The number of ether oxygens (including phenoxy) is 1. The molecule has 0 aliphatic heterocycles. The zero-order valence-electron chi connectivity index (χ0n) is 11.6. The molecule has 0 spiro atoms. The zero-order valence-corrected chi connectivity index (χ0v) is 12.4. The minimum absolute atomic E-state index is 0.390. The number of imidazole rings is 1. The number of aromatic nitrogens is 5. The normalized spacial score (nSPS) is 11.0. The lowest BCUT2D eigenvalue weighted by molar-refractivity contribution is 0.0602. The summed E-state index contributed by atoms with van der Waals surface area (Å²) in [6.45, 7) is 0. The van der Waals surface area contributed by atoms with Crippen LogP contribution in [0.4, 0.5) is 0 Å². The predicted molar refractivity (Wildman–Crippen MR) is 77.1 cm³/mol. The lowest BCUT2D eigenvalue weighted by Gasteiger charge is -2.00. The summed E-state index contributed by atoms with van der Waals surface area (Å²) in [5.41, 5.74) is 1.91. The highest BCUT2D eigenvalue weighted by Gasteiger charge is 2.13. The quantitative estimate of drug-likeness (QED) is 0.537. The van der Waals surface area contributed by atoms with Crippen molar-refractivity contribution in [2.45, 2.75) is 10.9 Å². The average molecular weight is 303 g/mol. The van der Waals surface area contributed by atoms with Crippen LogP contribution in [0, 0.1) is 0 Å². The van der Waals surface area contributed by atoms with Gasteiger partial charge in [0.2, 0.25) is 0 Å². The highest BCUT2D eigenvalue weighted by Crippen LogP contribution is 2.20. The van der Waals surface area contributed by atoms with Crippen LogP contribution in [-0.2, 0) is 17.5 Å². The van der Waals surface area contributed by atoms with E-state index in [0.29, 0.717) is 17.0 Å².